The first-order valence-corrected chi connectivity index (χ1v) is 8.42. The zero-order valence-corrected chi connectivity index (χ0v) is 15.8. The van der Waals surface area contributed by atoms with Gasteiger partial charge in [-0.15, -0.1) is 0 Å². The monoisotopic (exact) mass is 388 g/mol. The summed E-state index contributed by atoms with van der Waals surface area (Å²) in [6, 6.07) is 5.50. The molecule has 0 radical (unpaired) electrons. The normalized spacial score (nSPS) is 16.5. The predicted octanol–water partition coefficient (Wildman–Crippen LogP) is 2.13. The molecule has 0 saturated carbocycles. The summed E-state index contributed by atoms with van der Waals surface area (Å²) in [6.07, 6.45) is 0.00146. The van der Waals surface area contributed by atoms with Crippen molar-refractivity contribution in [2.45, 2.75) is 32.8 Å². The molecule has 1 aliphatic heterocycles. The zero-order chi connectivity index (χ0) is 21.0. The Morgan fingerprint density at radius 1 is 1.25 bits per heavy atom. The van der Waals surface area contributed by atoms with Gasteiger partial charge in [-0.2, -0.15) is 0 Å². The molecule has 0 bridgehead atoms. The number of methoxy groups -OCH3 is 1. The number of nitrogens with zero attached hydrogens (tertiary/aromatic N) is 1. The minimum absolute atomic E-state index is 0.0696. The number of aldehydes is 1. The molecule has 0 fully saturated rings. The van der Waals surface area contributed by atoms with Crippen LogP contribution in [-0.2, 0) is 23.9 Å². The number of hydrogen-bond donors (Lipinski definition) is 1. The molecule has 1 aliphatic rings. The van der Waals surface area contributed by atoms with Gasteiger partial charge in [-0.1, -0.05) is 12.1 Å². The van der Waals surface area contributed by atoms with E-state index in [1.807, 2.05) is 0 Å². The van der Waals surface area contributed by atoms with Gasteiger partial charge in [0.15, 0.2) is 6.29 Å². The summed E-state index contributed by atoms with van der Waals surface area (Å²) in [6.45, 7) is 4.89. The molecule has 9 nitrogen and oxygen atoms in total. The number of esters is 2. The maximum atomic E-state index is 12.8. The summed E-state index contributed by atoms with van der Waals surface area (Å²) < 4.78 is 10.1. The minimum Gasteiger partial charge on any atom is -0.466 e. The number of benzene rings is 1. The van der Waals surface area contributed by atoms with Gasteiger partial charge in [0.05, 0.1) is 40.9 Å². The largest absolute Gasteiger partial charge is 0.466 e. The molecule has 0 saturated heterocycles. The highest BCUT2D eigenvalue weighted by atomic mass is 16.6. The molecule has 0 aromatic heterocycles. The van der Waals surface area contributed by atoms with E-state index in [-0.39, 0.29) is 28.1 Å². The molecule has 1 heterocycles. The first-order valence-electron chi connectivity index (χ1n) is 8.42. The molecular weight excluding hydrogens is 368 g/mol. The maximum absolute atomic E-state index is 12.8. The summed E-state index contributed by atoms with van der Waals surface area (Å²) in [5.74, 6) is -2.61. The highest BCUT2D eigenvalue weighted by Gasteiger charge is 2.39. The van der Waals surface area contributed by atoms with E-state index in [1.54, 1.807) is 20.8 Å². The van der Waals surface area contributed by atoms with Crippen molar-refractivity contribution in [2.75, 3.05) is 7.11 Å². The van der Waals surface area contributed by atoms with Gasteiger partial charge in [-0.3, -0.25) is 14.9 Å². The smallest absolute Gasteiger partial charge is 0.337 e. The Bertz CT molecular complexity index is 899. The van der Waals surface area contributed by atoms with Crippen LogP contribution in [0.1, 0.15) is 32.3 Å². The number of carbonyl (C=O) groups excluding carboxylic acids is 3. The lowest BCUT2D eigenvalue weighted by molar-refractivity contribution is -0.384. The van der Waals surface area contributed by atoms with Crippen molar-refractivity contribution >= 4 is 23.9 Å². The lowest BCUT2D eigenvalue weighted by Gasteiger charge is -2.30. The first kappa shape index (κ1) is 20.8. The van der Waals surface area contributed by atoms with E-state index in [4.69, 9.17) is 9.47 Å². The fraction of sp³-hybridized carbons (Fsp3) is 0.316. The van der Waals surface area contributed by atoms with Gasteiger partial charge < -0.3 is 14.8 Å². The van der Waals surface area contributed by atoms with Crippen molar-refractivity contribution in [3.8, 4) is 0 Å². The predicted molar refractivity (Wildman–Crippen MR) is 98.0 cm³/mol. The van der Waals surface area contributed by atoms with E-state index in [0.29, 0.717) is 12.0 Å². The number of nitrogens with one attached hydrogen (secondary N) is 1. The van der Waals surface area contributed by atoms with Crippen molar-refractivity contribution in [3.05, 3.63) is 62.5 Å². The number of ether oxygens (including phenoxy) is 2. The van der Waals surface area contributed by atoms with Crippen molar-refractivity contribution in [3.63, 3.8) is 0 Å². The standard InChI is InChI=1S/C19H20N2O7/c1-10(2)28-19(24)15-11(3)20-14(9-22)17(18(23)27-4)16(15)12-6-5-7-13(8-12)21(25)26/h5-10,16,20H,1-4H3/t16-/m0/s1. The second-order valence-corrected chi connectivity index (χ2v) is 6.34. The minimum atomic E-state index is -1.07. The van der Waals surface area contributed by atoms with E-state index in [9.17, 15) is 24.5 Å². The number of nitro groups is 1. The van der Waals surface area contributed by atoms with Crippen LogP contribution < -0.4 is 5.32 Å². The number of rotatable bonds is 6. The summed E-state index contributed by atoms with van der Waals surface area (Å²) in [5.41, 5.74) is 0.228. The van der Waals surface area contributed by atoms with Crippen LogP contribution in [0.2, 0.25) is 0 Å². The third-order valence-corrected chi connectivity index (χ3v) is 4.09. The maximum Gasteiger partial charge on any atom is 0.337 e. The molecule has 1 aromatic rings. The van der Waals surface area contributed by atoms with E-state index >= 15 is 0 Å². The van der Waals surface area contributed by atoms with Crippen LogP contribution in [-0.4, -0.2) is 36.4 Å². The molecule has 0 spiro atoms. The Labute approximate surface area is 161 Å². The van der Waals surface area contributed by atoms with E-state index in [1.165, 1.54) is 24.3 Å². The average molecular weight is 388 g/mol. The van der Waals surface area contributed by atoms with Crippen LogP contribution in [0.4, 0.5) is 5.69 Å². The first-order chi connectivity index (χ1) is 13.2. The van der Waals surface area contributed by atoms with Crippen molar-refractivity contribution < 1.29 is 28.8 Å². The average Bonchev–Trinajstić information content (AvgIpc) is 2.65. The van der Waals surface area contributed by atoms with Crippen molar-refractivity contribution in [1.29, 1.82) is 0 Å². The molecule has 9 heteroatoms. The highest BCUT2D eigenvalue weighted by molar-refractivity contribution is 6.03. The van der Waals surface area contributed by atoms with Gasteiger partial charge >= 0.3 is 11.9 Å². The van der Waals surface area contributed by atoms with Gasteiger partial charge in [0.1, 0.15) is 0 Å². The molecule has 0 aliphatic carbocycles. The Hall–Kier alpha value is -3.49. The van der Waals surface area contributed by atoms with Crippen LogP contribution in [0.15, 0.2) is 46.8 Å². The third kappa shape index (κ3) is 4.08. The molecule has 148 valence electrons. The highest BCUT2D eigenvalue weighted by Crippen LogP contribution is 2.39. The quantitative estimate of drug-likeness (QED) is 0.340. The Balaban J connectivity index is 2.75. The zero-order valence-electron chi connectivity index (χ0n) is 15.8. The summed E-state index contributed by atoms with van der Waals surface area (Å²) in [4.78, 5) is 47.4. The molecule has 0 unspecified atom stereocenters. The summed E-state index contributed by atoms with van der Waals surface area (Å²) in [7, 11) is 1.14. The van der Waals surface area contributed by atoms with Gasteiger partial charge in [0, 0.05) is 17.8 Å². The van der Waals surface area contributed by atoms with Gasteiger partial charge in [0.2, 0.25) is 0 Å². The van der Waals surface area contributed by atoms with E-state index in [2.05, 4.69) is 5.32 Å². The lowest BCUT2D eigenvalue weighted by Crippen LogP contribution is -2.34. The Morgan fingerprint density at radius 2 is 1.93 bits per heavy atom. The van der Waals surface area contributed by atoms with Crippen LogP contribution in [0.3, 0.4) is 0 Å². The van der Waals surface area contributed by atoms with Crippen molar-refractivity contribution in [2.24, 2.45) is 0 Å². The molecule has 1 atom stereocenters. The molecule has 1 N–H and O–H groups in total. The molecule has 1 aromatic carbocycles. The number of carbonyl (C=O) groups is 3. The van der Waals surface area contributed by atoms with Gasteiger partial charge in [0.25, 0.3) is 5.69 Å². The molecule has 28 heavy (non-hydrogen) atoms. The second kappa shape index (κ2) is 8.47. The molecule has 2 rings (SSSR count). The third-order valence-electron chi connectivity index (χ3n) is 4.09. The summed E-state index contributed by atoms with van der Waals surface area (Å²) in [5, 5.41) is 13.9. The van der Waals surface area contributed by atoms with Crippen LogP contribution in [0.25, 0.3) is 0 Å². The lowest BCUT2D eigenvalue weighted by atomic mass is 9.80. The second-order valence-electron chi connectivity index (χ2n) is 6.34. The molecular formula is C19H20N2O7. The van der Waals surface area contributed by atoms with Gasteiger partial charge in [-0.05, 0) is 26.3 Å². The number of allylic oxidation sites excluding steroid dienone is 2. The van der Waals surface area contributed by atoms with E-state index < -0.39 is 28.9 Å². The fourth-order valence-electron chi connectivity index (χ4n) is 2.98. The topological polar surface area (TPSA) is 125 Å². The van der Waals surface area contributed by atoms with Crippen LogP contribution in [0, 0.1) is 10.1 Å². The molecule has 0 amide bonds. The Morgan fingerprint density at radius 3 is 2.46 bits per heavy atom. The number of dihydropyridines is 1. The van der Waals surface area contributed by atoms with Crippen molar-refractivity contribution in [1.82, 2.24) is 5.32 Å². The summed E-state index contributed by atoms with van der Waals surface area (Å²) >= 11 is 0. The van der Waals surface area contributed by atoms with Crippen LogP contribution >= 0.6 is 0 Å². The van der Waals surface area contributed by atoms with E-state index in [0.717, 1.165) is 7.11 Å². The number of hydrogen-bond acceptors (Lipinski definition) is 8. The SMILES string of the molecule is COC(=O)C1=C(C=O)NC(C)=C(C(=O)OC(C)C)[C@@H]1c1cccc([N+](=O)[O-])c1. The number of non-ortho nitro benzene ring substituents is 1. The van der Waals surface area contributed by atoms with Crippen LogP contribution in [0.5, 0.6) is 0 Å². The Kier molecular flexibility index (Phi) is 6.29. The van der Waals surface area contributed by atoms with Gasteiger partial charge in [-0.25, -0.2) is 9.59 Å². The number of nitro benzene ring substituents is 1. The fourth-order valence-corrected chi connectivity index (χ4v) is 2.98.